The number of carbonyl (C=O) groups excluding carboxylic acids is 1. The first-order valence-electron chi connectivity index (χ1n) is 7.82. The van der Waals surface area contributed by atoms with Gasteiger partial charge in [-0.3, -0.25) is 9.48 Å². The number of nitrogens with zero attached hydrogens (tertiary/aromatic N) is 9. The van der Waals surface area contributed by atoms with Crippen LogP contribution in [0.4, 0.5) is 5.82 Å². The Kier molecular flexibility index (Phi) is 4.02. The summed E-state index contributed by atoms with van der Waals surface area (Å²) in [4.78, 5) is 30.4. The molecule has 1 aliphatic heterocycles. The van der Waals surface area contributed by atoms with Crippen LogP contribution in [0, 0.1) is 5.92 Å². The van der Waals surface area contributed by atoms with Gasteiger partial charge in [0, 0.05) is 25.7 Å². The summed E-state index contributed by atoms with van der Waals surface area (Å²) in [6, 6.07) is 1.83. The molecule has 0 aromatic carbocycles. The van der Waals surface area contributed by atoms with Crippen molar-refractivity contribution in [3.05, 3.63) is 37.7 Å². The topological polar surface area (TPSA) is 120 Å². The average molecular weight is 340 g/mol. The molecule has 0 bridgehead atoms. The van der Waals surface area contributed by atoms with Crippen LogP contribution < -0.4 is 10.2 Å². The normalized spacial score (nSPS) is 14.3. The van der Waals surface area contributed by atoms with Crippen LogP contribution in [0.2, 0.25) is 0 Å². The minimum Gasteiger partial charge on any atom is -0.355 e. The number of hydrogen-bond donors (Lipinski definition) is 1. The van der Waals surface area contributed by atoms with Crippen LogP contribution in [0.3, 0.4) is 0 Å². The Morgan fingerprint density at radius 1 is 1.08 bits per heavy atom. The van der Waals surface area contributed by atoms with E-state index in [0.717, 1.165) is 5.82 Å². The summed E-state index contributed by atoms with van der Waals surface area (Å²) in [5.41, 5.74) is 0. The molecule has 1 N–H and O–H groups in total. The fourth-order valence-electron chi connectivity index (χ4n) is 2.58. The molecule has 0 radical (unpaired) electrons. The van der Waals surface area contributed by atoms with Crippen molar-refractivity contribution in [3.8, 4) is 5.82 Å². The second-order valence-electron chi connectivity index (χ2n) is 5.63. The van der Waals surface area contributed by atoms with Crippen LogP contribution in [0.1, 0.15) is 0 Å². The maximum atomic E-state index is 12.1. The third-order valence-electron chi connectivity index (χ3n) is 3.97. The monoisotopic (exact) mass is 340 g/mol. The fourth-order valence-corrected chi connectivity index (χ4v) is 2.58. The molecule has 25 heavy (non-hydrogen) atoms. The van der Waals surface area contributed by atoms with Crippen molar-refractivity contribution in [1.29, 1.82) is 0 Å². The third-order valence-corrected chi connectivity index (χ3v) is 3.97. The molecule has 0 unspecified atom stereocenters. The van der Waals surface area contributed by atoms with Crippen molar-refractivity contribution in [2.75, 3.05) is 24.5 Å². The first kappa shape index (κ1) is 15.2. The number of nitrogens with one attached hydrogen (secondary N) is 1. The zero-order chi connectivity index (χ0) is 17.1. The van der Waals surface area contributed by atoms with Gasteiger partial charge in [-0.05, 0) is 0 Å². The summed E-state index contributed by atoms with van der Waals surface area (Å²) in [5, 5.41) is 11.0. The highest BCUT2D eigenvalue weighted by molar-refractivity contribution is 5.81. The van der Waals surface area contributed by atoms with Crippen LogP contribution >= 0.6 is 0 Å². The molecular weight excluding hydrogens is 324 g/mol. The Morgan fingerprint density at radius 2 is 1.88 bits per heavy atom. The van der Waals surface area contributed by atoms with Gasteiger partial charge in [0.2, 0.25) is 5.91 Å². The molecular formula is C14H16N10O. The van der Waals surface area contributed by atoms with E-state index in [-0.39, 0.29) is 11.8 Å². The molecule has 0 spiro atoms. The largest absolute Gasteiger partial charge is 0.355 e. The molecule has 128 valence electrons. The summed E-state index contributed by atoms with van der Waals surface area (Å²) in [7, 11) is 0. The Morgan fingerprint density at radius 3 is 2.64 bits per heavy atom. The zero-order valence-corrected chi connectivity index (χ0v) is 13.3. The van der Waals surface area contributed by atoms with E-state index in [1.54, 1.807) is 22.0 Å². The molecule has 3 aromatic heterocycles. The van der Waals surface area contributed by atoms with Gasteiger partial charge in [0.15, 0.2) is 5.82 Å². The Hall–Kier alpha value is -3.37. The SMILES string of the molecule is O=C(NCCn1cncn1)C1CN(c2cc(-n3cncn3)ncn2)C1. The summed E-state index contributed by atoms with van der Waals surface area (Å²) in [6.07, 6.45) is 7.61. The number of hydrogen-bond acceptors (Lipinski definition) is 8. The van der Waals surface area contributed by atoms with E-state index >= 15 is 0 Å². The second-order valence-corrected chi connectivity index (χ2v) is 5.63. The number of rotatable bonds is 6. The highest BCUT2D eigenvalue weighted by atomic mass is 16.2. The molecule has 1 saturated heterocycles. The molecule has 11 heteroatoms. The average Bonchev–Trinajstić information content (AvgIpc) is 3.28. The summed E-state index contributed by atoms with van der Waals surface area (Å²) >= 11 is 0. The minimum atomic E-state index is -0.0412. The first-order valence-corrected chi connectivity index (χ1v) is 7.82. The summed E-state index contributed by atoms with van der Waals surface area (Å²) in [5.74, 6) is 1.41. The number of aromatic nitrogens is 8. The van der Waals surface area contributed by atoms with Gasteiger partial charge < -0.3 is 10.2 Å². The number of anilines is 1. The van der Waals surface area contributed by atoms with Crippen LogP contribution in [0.15, 0.2) is 37.7 Å². The first-order chi connectivity index (χ1) is 12.3. The Bertz CT molecular complexity index is 825. The minimum absolute atomic E-state index is 0.0412. The van der Waals surface area contributed by atoms with Gasteiger partial charge in [-0.25, -0.2) is 24.6 Å². The lowest BCUT2D eigenvalue weighted by Crippen LogP contribution is -2.54. The number of amides is 1. The van der Waals surface area contributed by atoms with Crippen molar-refractivity contribution in [2.45, 2.75) is 6.54 Å². The van der Waals surface area contributed by atoms with Crippen molar-refractivity contribution in [1.82, 2.24) is 44.8 Å². The summed E-state index contributed by atoms with van der Waals surface area (Å²) < 4.78 is 3.25. The zero-order valence-electron chi connectivity index (χ0n) is 13.3. The van der Waals surface area contributed by atoms with E-state index in [0.29, 0.717) is 32.0 Å². The van der Waals surface area contributed by atoms with Crippen LogP contribution in [-0.4, -0.2) is 65.0 Å². The Balaban J connectivity index is 1.28. The van der Waals surface area contributed by atoms with Crippen molar-refractivity contribution in [2.24, 2.45) is 5.92 Å². The maximum Gasteiger partial charge on any atom is 0.226 e. The quantitative estimate of drug-likeness (QED) is 0.600. The molecule has 11 nitrogen and oxygen atoms in total. The predicted molar refractivity (Wildman–Crippen MR) is 85.7 cm³/mol. The lowest BCUT2D eigenvalue weighted by molar-refractivity contribution is -0.125. The maximum absolute atomic E-state index is 12.1. The van der Waals surface area contributed by atoms with Crippen molar-refractivity contribution < 1.29 is 4.79 Å². The lowest BCUT2D eigenvalue weighted by atomic mass is 9.99. The van der Waals surface area contributed by atoms with E-state index in [4.69, 9.17) is 0 Å². The van der Waals surface area contributed by atoms with Crippen LogP contribution in [-0.2, 0) is 11.3 Å². The van der Waals surface area contributed by atoms with Crippen LogP contribution in [0.5, 0.6) is 0 Å². The molecule has 0 atom stereocenters. The standard InChI is InChI=1S/C14H16N10O/c25-14(17-1-2-23-9-15-6-20-23)11-4-22(5-11)12-3-13(19-8-18-12)24-10-16-7-21-24/h3,6-11H,1-2,4-5H2,(H,17,25). The molecule has 1 amide bonds. The highest BCUT2D eigenvalue weighted by Gasteiger charge is 2.33. The molecule has 3 aromatic rings. The molecule has 1 aliphatic rings. The molecule has 4 rings (SSSR count). The van der Waals surface area contributed by atoms with Gasteiger partial charge in [0.25, 0.3) is 0 Å². The van der Waals surface area contributed by atoms with E-state index in [9.17, 15) is 4.79 Å². The van der Waals surface area contributed by atoms with Gasteiger partial charge in [-0.2, -0.15) is 10.2 Å². The highest BCUT2D eigenvalue weighted by Crippen LogP contribution is 2.23. The lowest BCUT2D eigenvalue weighted by Gasteiger charge is -2.39. The number of carbonyl (C=O) groups is 1. The van der Waals surface area contributed by atoms with Gasteiger partial charge in [0.05, 0.1) is 12.5 Å². The van der Waals surface area contributed by atoms with E-state index in [1.807, 2.05) is 11.0 Å². The van der Waals surface area contributed by atoms with Crippen molar-refractivity contribution in [3.63, 3.8) is 0 Å². The van der Waals surface area contributed by atoms with E-state index in [2.05, 4.69) is 35.5 Å². The van der Waals surface area contributed by atoms with Gasteiger partial charge in [0.1, 0.15) is 37.5 Å². The fraction of sp³-hybridized carbons (Fsp3) is 0.357. The predicted octanol–water partition coefficient (Wildman–Crippen LogP) is -1.10. The van der Waals surface area contributed by atoms with E-state index < -0.39 is 0 Å². The van der Waals surface area contributed by atoms with Crippen LogP contribution in [0.25, 0.3) is 5.82 Å². The van der Waals surface area contributed by atoms with Gasteiger partial charge in [-0.1, -0.05) is 0 Å². The third kappa shape index (κ3) is 3.29. The molecule has 0 aliphatic carbocycles. The molecule has 1 fully saturated rings. The summed E-state index contributed by atoms with van der Waals surface area (Å²) in [6.45, 7) is 2.39. The van der Waals surface area contributed by atoms with Gasteiger partial charge in [-0.15, -0.1) is 0 Å². The Labute approximate surface area is 142 Å². The molecule has 4 heterocycles. The smallest absolute Gasteiger partial charge is 0.226 e. The van der Waals surface area contributed by atoms with Crippen molar-refractivity contribution >= 4 is 11.7 Å². The second kappa shape index (κ2) is 6.63. The van der Waals surface area contributed by atoms with Gasteiger partial charge >= 0.3 is 0 Å². The van der Waals surface area contributed by atoms with E-state index in [1.165, 1.54) is 19.0 Å². The molecule has 0 saturated carbocycles.